The first kappa shape index (κ1) is 13.8. The summed E-state index contributed by atoms with van der Waals surface area (Å²) in [4.78, 5) is 16.2. The number of carbonyl (C=O) groups is 1. The maximum Gasteiger partial charge on any atom is 0.252 e. The zero-order valence-corrected chi connectivity index (χ0v) is 12.2. The summed E-state index contributed by atoms with van der Waals surface area (Å²) in [5.74, 6) is 1.04. The number of amides is 1. The Balaban J connectivity index is 1.87. The van der Waals surface area contributed by atoms with Gasteiger partial charge in [0, 0.05) is 42.3 Å². The zero-order chi connectivity index (χ0) is 13.7. The van der Waals surface area contributed by atoms with Gasteiger partial charge in [0.05, 0.1) is 0 Å². The number of imidazole rings is 1. The van der Waals surface area contributed by atoms with Crippen LogP contribution in [-0.4, -0.2) is 22.0 Å². The first-order chi connectivity index (χ1) is 9.22. The monoisotopic (exact) mass is 277 g/mol. The molecule has 0 atom stereocenters. The molecule has 2 aromatic heterocycles. The Labute approximate surface area is 117 Å². The van der Waals surface area contributed by atoms with Gasteiger partial charge in [0.1, 0.15) is 5.82 Å². The number of rotatable bonds is 6. The van der Waals surface area contributed by atoms with E-state index in [4.69, 9.17) is 0 Å². The summed E-state index contributed by atoms with van der Waals surface area (Å²) >= 11 is 1.53. The van der Waals surface area contributed by atoms with Gasteiger partial charge in [-0.25, -0.2) is 4.98 Å². The van der Waals surface area contributed by atoms with Crippen LogP contribution in [0.1, 0.15) is 35.2 Å². The molecule has 0 aliphatic heterocycles. The van der Waals surface area contributed by atoms with E-state index in [0.717, 1.165) is 30.8 Å². The van der Waals surface area contributed by atoms with Crippen LogP contribution in [0.5, 0.6) is 0 Å². The average molecular weight is 277 g/mol. The lowest BCUT2D eigenvalue weighted by molar-refractivity contribution is 0.0954. The molecule has 19 heavy (non-hydrogen) atoms. The zero-order valence-electron chi connectivity index (χ0n) is 11.3. The lowest BCUT2D eigenvalue weighted by atomic mass is 10.3. The smallest absolute Gasteiger partial charge is 0.252 e. The Bertz CT molecular complexity index is 531. The van der Waals surface area contributed by atoms with E-state index in [1.54, 1.807) is 0 Å². The molecule has 0 aliphatic rings. The molecule has 0 radical (unpaired) electrons. The molecule has 1 amide bonds. The third kappa shape index (κ3) is 3.44. The minimum Gasteiger partial charge on any atom is -0.352 e. The number of carbonyl (C=O) groups excluding carboxylic acids is 1. The first-order valence-corrected chi connectivity index (χ1v) is 7.48. The van der Waals surface area contributed by atoms with Crippen molar-refractivity contribution >= 4 is 17.2 Å². The van der Waals surface area contributed by atoms with Crippen LogP contribution in [0.3, 0.4) is 0 Å². The van der Waals surface area contributed by atoms with Gasteiger partial charge in [-0.05, 0) is 24.8 Å². The summed E-state index contributed by atoms with van der Waals surface area (Å²) < 4.78 is 2.22. The van der Waals surface area contributed by atoms with Crippen molar-refractivity contribution in [1.29, 1.82) is 0 Å². The van der Waals surface area contributed by atoms with Crippen molar-refractivity contribution in [3.05, 3.63) is 40.1 Å². The molecule has 0 bridgehead atoms. The molecule has 2 heterocycles. The quantitative estimate of drug-likeness (QED) is 0.882. The van der Waals surface area contributed by atoms with Gasteiger partial charge in [-0.1, -0.05) is 6.92 Å². The molecule has 2 rings (SSSR count). The third-order valence-electron chi connectivity index (χ3n) is 3.00. The maximum absolute atomic E-state index is 11.8. The summed E-state index contributed by atoms with van der Waals surface area (Å²) in [5.41, 5.74) is 1.92. The molecule has 5 heteroatoms. The number of nitrogens with zero attached hydrogens (tertiary/aromatic N) is 2. The largest absolute Gasteiger partial charge is 0.352 e. The molecular weight excluding hydrogens is 258 g/mol. The third-order valence-corrected chi connectivity index (χ3v) is 3.69. The number of hydrogen-bond acceptors (Lipinski definition) is 3. The molecule has 0 unspecified atom stereocenters. The molecule has 102 valence electrons. The molecule has 0 aromatic carbocycles. The minimum atomic E-state index is -0.00781. The van der Waals surface area contributed by atoms with E-state index in [1.807, 2.05) is 23.0 Å². The molecule has 0 aliphatic carbocycles. The van der Waals surface area contributed by atoms with Crippen LogP contribution in [0.2, 0.25) is 0 Å². The second-order valence-corrected chi connectivity index (χ2v) is 5.27. The molecule has 4 nitrogen and oxygen atoms in total. The summed E-state index contributed by atoms with van der Waals surface area (Å²) in [6.45, 7) is 5.83. The summed E-state index contributed by atoms with van der Waals surface area (Å²) in [7, 11) is 0. The van der Waals surface area contributed by atoms with Crippen LogP contribution in [0.25, 0.3) is 0 Å². The van der Waals surface area contributed by atoms with Crippen molar-refractivity contribution in [2.24, 2.45) is 0 Å². The second kappa shape index (κ2) is 6.52. The van der Waals surface area contributed by atoms with Crippen molar-refractivity contribution in [3.63, 3.8) is 0 Å². The molecular formula is C14H19N3OS. The van der Waals surface area contributed by atoms with Crippen molar-refractivity contribution < 1.29 is 4.79 Å². The summed E-state index contributed by atoms with van der Waals surface area (Å²) in [6.07, 6.45) is 3.75. The van der Waals surface area contributed by atoms with E-state index in [-0.39, 0.29) is 5.91 Å². The Morgan fingerprint density at radius 1 is 1.53 bits per heavy atom. The highest BCUT2D eigenvalue weighted by Gasteiger charge is 2.08. The topological polar surface area (TPSA) is 46.9 Å². The summed E-state index contributed by atoms with van der Waals surface area (Å²) in [6, 6.07) is 1.84. The van der Waals surface area contributed by atoms with Crippen molar-refractivity contribution in [3.8, 4) is 0 Å². The minimum absolute atomic E-state index is 0.00781. The lowest BCUT2D eigenvalue weighted by Gasteiger charge is -2.09. The molecule has 2 aromatic rings. The van der Waals surface area contributed by atoms with Crippen molar-refractivity contribution in [2.75, 3.05) is 6.54 Å². The van der Waals surface area contributed by atoms with E-state index >= 15 is 0 Å². The molecule has 0 saturated carbocycles. The van der Waals surface area contributed by atoms with Crippen molar-refractivity contribution in [1.82, 2.24) is 14.9 Å². The number of nitrogens with one attached hydrogen (secondary N) is 1. The van der Waals surface area contributed by atoms with Crippen LogP contribution < -0.4 is 5.32 Å². The van der Waals surface area contributed by atoms with Crippen LogP contribution in [0.15, 0.2) is 23.0 Å². The van der Waals surface area contributed by atoms with Crippen molar-refractivity contribution in [2.45, 2.75) is 33.2 Å². The number of hydrogen-bond donors (Lipinski definition) is 1. The lowest BCUT2D eigenvalue weighted by Crippen LogP contribution is -2.26. The van der Waals surface area contributed by atoms with Gasteiger partial charge in [0.25, 0.3) is 5.91 Å². The second-order valence-electron chi connectivity index (χ2n) is 4.49. The van der Waals surface area contributed by atoms with Gasteiger partial charge in [0.2, 0.25) is 0 Å². The first-order valence-electron chi connectivity index (χ1n) is 6.53. The molecule has 0 saturated heterocycles. The van der Waals surface area contributed by atoms with Crippen LogP contribution in [0.4, 0.5) is 0 Å². The van der Waals surface area contributed by atoms with Gasteiger partial charge in [-0.3, -0.25) is 4.79 Å². The number of thiophene rings is 1. The van der Waals surface area contributed by atoms with Gasteiger partial charge in [-0.2, -0.15) is 11.3 Å². The van der Waals surface area contributed by atoms with E-state index < -0.39 is 0 Å². The van der Waals surface area contributed by atoms with Gasteiger partial charge in [0.15, 0.2) is 0 Å². The highest BCUT2D eigenvalue weighted by Crippen LogP contribution is 2.07. The SMILES string of the molecule is CCCn1c(C)cnc1CCNC(=O)c1ccsc1. The Kier molecular flexibility index (Phi) is 4.74. The normalized spacial score (nSPS) is 10.6. The number of aromatic nitrogens is 2. The standard InChI is InChI=1S/C14H19N3OS/c1-3-7-17-11(2)9-16-13(17)4-6-15-14(18)12-5-8-19-10-12/h5,8-10H,3-4,6-7H2,1-2H3,(H,15,18). The Morgan fingerprint density at radius 3 is 3.05 bits per heavy atom. The van der Waals surface area contributed by atoms with Gasteiger partial charge < -0.3 is 9.88 Å². The molecule has 0 fully saturated rings. The highest BCUT2D eigenvalue weighted by molar-refractivity contribution is 7.08. The fourth-order valence-electron chi connectivity index (χ4n) is 2.02. The predicted octanol–water partition coefficient (Wildman–Crippen LogP) is 2.64. The van der Waals surface area contributed by atoms with E-state index in [2.05, 4.69) is 28.7 Å². The van der Waals surface area contributed by atoms with E-state index in [9.17, 15) is 4.79 Å². The van der Waals surface area contributed by atoms with Gasteiger partial charge >= 0.3 is 0 Å². The van der Waals surface area contributed by atoms with E-state index in [0.29, 0.717) is 6.54 Å². The average Bonchev–Trinajstić information content (AvgIpc) is 3.03. The molecule has 0 spiro atoms. The van der Waals surface area contributed by atoms with Crippen LogP contribution >= 0.6 is 11.3 Å². The Hall–Kier alpha value is -1.62. The molecule has 1 N–H and O–H groups in total. The van der Waals surface area contributed by atoms with Crippen LogP contribution in [0, 0.1) is 6.92 Å². The maximum atomic E-state index is 11.8. The van der Waals surface area contributed by atoms with E-state index in [1.165, 1.54) is 17.0 Å². The predicted molar refractivity (Wildman–Crippen MR) is 77.6 cm³/mol. The fraction of sp³-hybridized carbons (Fsp3) is 0.429. The van der Waals surface area contributed by atoms with Gasteiger partial charge in [-0.15, -0.1) is 0 Å². The highest BCUT2D eigenvalue weighted by atomic mass is 32.1. The van der Waals surface area contributed by atoms with Crippen LogP contribution in [-0.2, 0) is 13.0 Å². The number of aryl methyl sites for hydroxylation is 1. The fourth-order valence-corrected chi connectivity index (χ4v) is 2.66. The Morgan fingerprint density at radius 2 is 2.37 bits per heavy atom. The summed E-state index contributed by atoms with van der Waals surface area (Å²) in [5, 5.41) is 6.69.